The zero-order valence-electron chi connectivity index (χ0n) is 10.1. The molecule has 19 heavy (non-hydrogen) atoms. The molecule has 0 unspecified atom stereocenters. The Morgan fingerprint density at radius 3 is 2.37 bits per heavy atom. The fourth-order valence-corrected chi connectivity index (χ4v) is 2.44. The molecule has 2 rings (SSSR count). The van der Waals surface area contributed by atoms with Crippen molar-refractivity contribution in [2.45, 2.75) is 4.90 Å². The maximum Gasteiger partial charge on any atom is 0.277 e. The van der Waals surface area contributed by atoms with Gasteiger partial charge in [0.25, 0.3) is 5.69 Å². The molecule has 0 atom stereocenters. The zero-order chi connectivity index (χ0) is 14.0. The Kier molecular flexibility index (Phi) is 3.35. The number of nitro benzene ring substituents is 1. The van der Waals surface area contributed by atoms with Gasteiger partial charge in [0.15, 0.2) is 9.84 Å². The predicted octanol–water partition coefficient (Wildman–Crippen LogP) is 2.67. The molecule has 0 aliphatic carbocycles. The van der Waals surface area contributed by atoms with Crippen LogP contribution in [0.2, 0.25) is 0 Å². The smallest absolute Gasteiger partial charge is 0.258 e. The van der Waals surface area contributed by atoms with Gasteiger partial charge >= 0.3 is 0 Å². The molecule has 98 valence electrons. The summed E-state index contributed by atoms with van der Waals surface area (Å²) in [6.07, 6.45) is 1.10. The van der Waals surface area contributed by atoms with Crippen molar-refractivity contribution in [3.63, 3.8) is 0 Å². The van der Waals surface area contributed by atoms with Crippen LogP contribution in [-0.4, -0.2) is 19.6 Å². The van der Waals surface area contributed by atoms with E-state index in [9.17, 15) is 18.5 Å². The molecule has 0 radical (unpaired) electrons. The standard InChI is InChI=1S/C13H11NO4S/c1-19(17,18)11-6-4-5-10(9-11)12-7-2-3-8-13(12)14(15)16/h2-9H,1H3. The van der Waals surface area contributed by atoms with Gasteiger partial charge in [-0.15, -0.1) is 0 Å². The van der Waals surface area contributed by atoms with Gasteiger partial charge in [0.1, 0.15) is 0 Å². The summed E-state index contributed by atoms with van der Waals surface area (Å²) >= 11 is 0. The van der Waals surface area contributed by atoms with E-state index >= 15 is 0 Å². The topological polar surface area (TPSA) is 77.3 Å². The van der Waals surface area contributed by atoms with Crippen molar-refractivity contribution in [1.29, 1.82) is 0 Å². The van der Waals surface area contributed by atoms with Crippen molar-refractivity contribution in [2.75, 3.05) is 6.26 Å². The Morgan fingerprint density at radius 2 is 1.74 bits per heavy atom. The largest absolute Gasteiger partial charge is 0.277 e. The van der Waals surface area contributed by atoms with Crippen LogP contribution < -0.4 is 0 Å². The number of nitrogens with zero attached hydrogens (tertiary/aromatic N) is 1. The lowest BCUT2D eigenvalue weighted by Gasteiger charge is -2.05. The van der Waals surface area contributed by atoms with Gasteiger partial charge in [-0.25, -0.2) is 8.42 Å². The first-order chi connectivity index (χ1) is 8.89. The SMILES string of the molecule is CS(=O)(=O)c1cccc(-c2ccccc2[N+](=O)[O-])c1. The minimum absolute atomic E-state index is 0.0480. The van der Waals surface area contributed by atoms with Gasteiger partial charge in [0.05, 0.1) is 15.4 Å². The minimum atomic E-state index is -3.34. The average molecular weight is 277 g/mol. The molecule has 0 bridgehead atoms. The average Bonchev–Trinajstić information content (AvgIpc) is 2.38. The number of rotatable bonds is 3. The summed E-state index contributed by atoms with van der Waals surface area (Å²) in [7, 11) is -3.34. The molecule has 0 aromatic heterocycles. The molecule has 2 aromatic rings. The zero-order valence-corrected chi connectivity index (χ0v) is 10.9. The maximum absolute atomic E-state index is 11.5. The quantitative estimate of drug-likeness (QED) is 0.638. The number of para-hydroxylation sites is 1. The minimum Gasteiger partial charge on any atom is -0.258 e. The number of hydrogen-bond donors (Lipinski definition) is 0. The molecule has 6 heteroatoms. The summed E-state index contributed by atoms with van der Waals surface area (Å²) < 4.78 is 23.0. The molecular formula is C13H11NO4S. The highest BCUT2D eigenvalue weighted by Crippen LogP contribution is 2.30. The van der Waals surface area contributed by atoms with Crippen LogP contribution in [-0.2, 0) is 9.84 Å². The molecule has 0 heterocycles. The molecule has 0 amide bonds. The summed E-state index contributed by atoms with van der Waals surface area (Å²) in [6, 6.07) is 12.4. The van der Waals surface area contributed by atoms with Crippen LogP contribution in [0, 0.1) is 10.1 Å². The van der Waals surface area contributed by atoms with Crippen LogP contribution in [0.4, 0.5) is 5.69 Å². The molecule has 0 fully saturated rings. The van der Waals surface area contributed by atoms with E-state index < -0.39 is 14.8 Å². The number of hydrogen-bond acceptors (Lipinski definition) is 4. The third kappa shape index (κ3) is 2.79. The summed E-state index contributed by atoms with van der Waals surface area (Å²) in [5.41, 5.74) is 0.862. The lowest BCUT2D eigenvalue weighted by Crippen LogP contribution is -1.97. The van der Waals surface area contributed by atoms with Crippen LogP contribution in [0.5, 0.6) is 0 Å². The van der Waals surface area contributed by atoms with Crippen LogP contribution >= 0.6 is 0 Å². The van der Waals surface area contributed by atoms with E-state index in [1.807, 2.05) is 0 Å². The van der Waals surface area contributed by atoms with Gasteiger partial charge in [-0.3, -0.25) is 10.1 Å². The van der Waals surface area contributed by atoms with E-state index in [1.54, 1.807) is 30.3 Å². The molecule has 5 nitrogen and oxygen atoms in total. The Bertz CT molecular complexity index is 738. The summed E-state index contributed by atoms with van der Waals surface area (Å²) in [4.78, 5) is 10.6. The van der Waals surface area contributed by atoms with Crippen LogP contribution in [0.3, 0.4) is 0 Å². The summed E-state index contributed by atoms with van der Waals surface area (Å²) in [5.74, 6) is 0. The van der Waals surface area contributed by atoms with Gasteiger partial charge in [-0.05, 0) is 23.8 Å². The second-order valence-corrected chi connectivity index (χ2v) is 6.09. The molecular weight excluding hydrogens is 266 g/mol. The van der Waals surface area contributed by atoms with Crippen LogP contribution in [0.15, 0.2) is 53.4 Å². The Hall–Kier alpha value is -2.21. The highest BCUT2D eigenvalue weighted by molar-refractivity contribution is 7.90. The lowest BCUT2D eigenvalue weighted by atomic mass is 10.0. The van der Waals surface area contributed by atoms with Crippen molar-refractivity contribution in [3.05, 3.63) is 58.6 Å². The summed E-state index contributed by atoms with van der Waals surface area (Å²) in [6.45, 7) is 0. The number of benzene rings is 2. The molecule has 2 aromatic carbocycles. The van der Waals surface area contributed by atoms with Crippen LogP contribution in [0.1, 0.15) is 0 Å². The van der Waals surface area contributed by atoms with Gasteiger partial charge in [-0.1, -0.05) is 24.3 Å². The van der Waals surface area contributed by atoms with E-state index in [2.05, 4.69) is 0 Å². The summed E-state index contributed by atoms with van der Waals surface area (Å²) in [5, 5.41) is 11.0. The van der Waals surface area contributed by atoms with Crippen LogP contribution in [0.25, 0.3) is 11.1 Å². The molecule has 0 spiro atoms. The Morgan fingerprint density at radius 1 is 1.05 bits per heavy atom. The van der Waals surface area contributed by atoms with Crippen molar-refractivity contribution >= 4 is 15.5 Å². The van der Waals surface area contributed by atoms with Gasteiger partial charge in [0, 0.05) is 12.3 Å². The van der Waals surface area contributed by atoms with Crippen molar-refractivity contribution in [1.82, 2.24) is 0 Å². The van der Waals surface area contributed by atoms with Gasteiger partial charge in [0.2, 0.25) is 0 Å². The van der Waals surface area contributed by atoms with E-state index in [0.29, 0.717) is 11.1 Å². The highest BCUT2D eigenvalue weighted by Gasteiger charge is 2.15. The van der Waals surface area contributed by atoms with E-state index in [1.165, 1.54) is 18.2 Å². The molecule has 0 saturated heterocycles. The first kappa shape index (κ1) is 13.2. The van der Waals surface area contributed by atoms with E-state index in [4.69, 9.17) is 0 Å². The third-order valence-corrected chi connectivity index (χ3v) is 3.78. The molecule has 0 aliphatic rings. The molecule has 0 N–H and O–H groups in total. The molecule has 0 saturated carbocycles. The van der Waals surface area contributed by atoms with Crippen molar-refractivity contribution < 1.29 is 13.3 Å². The first-order valence-electron chi connectivity index (χ1n) is 5.43. The van der Waals surface area contributed by atoms with Gasteiger partial charge < -0.3 is 0 Å². The van der Waals surface area contributed by atoms with Gasteiger partial charge in [-0.2, -0.15) is 0 Å². The fraction of sp³-hybridized carbons (Fsp3) is 0.0769. The lowest BCUT2D eigenvalue weighted by molar-refractivity contribution is -0.384. The van der Waals surface area contributed by atoms with Crippen molar-refractivity contribution in [2.24, 2.45) is 0 Å². The first-order valence-corrected chi connectivity index (χ1v) is 7.32. The molecule has 0 aliphatic heterocycles. The second kappa shape index (κ2) is 4.81. The Labute approximate surface area is 110 Å². The van der Waals surface area contributed by atoms with E-state index in [-0.39, 0.29) is 10.6 Å². The van der Waals surface area contributed by atoms with Crippen molar-refractivity contribution in [3.8, 4) is 11.1 Å². The normalized spacial score (nSPS) is 11.2. The Balaban J connectivity index is 2.64. The fourth-order valence-electron chi connectivity index (χ4n) is 1.77. The monoisotopic (exact) mass is 277 g/mol. The number of nitro groups is 1. The predicted molar refractivity (Wildman–Crippen MR) is 71.6 cm³/mol. The maximum atomic E-state index is 11.5. The second-order valence-electron chi connectivity index (χ2n) is 4.07. The third-order valence-electron chi connectivity index (χ3n) is 2.67. The highest BCUT2D eigenvalue weighted by atomic mass is 32.2. The van der Waals surface area contributed by atoms with E-state index in [0.717, 1.165) is 6.26 Å². The number of sulfone groups is 1.